The van der Waals surface area contributed by atoms with Gasteiger partial charge in [0, 0.05) is 29.8 Å². The van der Waals surface area contributed by atoms with Crippen molar-refractivity contribution < 1.29 is 4.79 Å². The van der Waals surface area contributed by atoms with E-state index in [9.17, 15) is 4.79 Å². The van der Waals surface area contributed by atoms with Crippen molar-refractivity contribution in [2.24, 2.45) is 10.9 Å². The molecular weight excluding hydrogens is 478 g/mol. The number of nitrogens with zero attached hydrogens (tertiary/aromatic N) is 1. The second-order valence-electron chi connectivity index (χ2n) is 10.6. The van der Waals surface area contributed by atoms with Crippen molar-refractivity contribution in [1.82, 2.24) is 0 Å². The normalized spacial score (nSPS) is 18.8. The summed E-state index contributed by atoms with van der Waals surface area (Å²) in [6.45, 7) is 4.11. The van der Waals surface area contributed by atoms with Gasteiger partial charge in [-0.1, -0.05) is 48.1 Å². The molecule has 0 amide bonds. The highest BCUT2D eigenvalue weighted by atomic mass is 16.1. The number of aliphatic imine (C=N–C) groups is 1. The molecule has 1 aliphatic heterocycles. The van der Waals surface area contributed by atoms with Crippen molar-refractivity contribution in [2.45, 2.75) is 65.2 Å². The van der Waals surface area contributed by atoms with Crippen LogP contribution in [0.4, 0.5) is 5.69 Å². The summed E-state index contributed by atoms with van der Waals surface area (Å²) in [5.74, 6) is 0.393. The van der Waals surface area contributed by atoms with Gasteiger partial charge in [0.2, 0.25) is 0 Å². The third kappa shape index (κ3) is 8.24. The first-order valence-electron chi connectivity index (χ1n) is 14.0. The Balaban J connectivity index is 1.33. The number of hydrogen-bond acceptors (Lipinski definition) is 4. The smallest absolute Gasteiger partial charge is 0.160 e. The van der Waals surface area contributed by atoms with Crippen molar-refractivity contribution in [3.05, 3.63) is 113 Å². The summed E-state index contributed by atoms with van der Waals surface area (Å²) >= 11 is 0. The van der Waals surface area contributed by atoms with Gasteiger partial charge in [-0.05, 0) is 111 Å². The summed E-state index contributed by atoms with van der Waals surface area (Å²) < 4.78 is 0. The summed E-state index contributed by atoms with van der Waals surface area (Å²) in [6.07, 6.45) is 18.5. The number of allylic oxidation sites excluding steroid dienone is 7. The highest BCUT2D eigenvalue weighted by Crippen LogP contribution is 2.29. The van der Waals surface area contributed by atoms with Gasteiger partial charge in [-0.15, -0.1) is 5.73 Å². The molecule has 3 N–H and O–H groups in total. The molecule has 4 nitrogen and oxygen atoms in total. The number of hydrogen-bond donors (Lipinski definition) is 2. The molecule has 1 aliphatic carbocycles. The Kier molecular flexibility index (Phi) is 9.83. The highest BCUT2D eigenvalue weighted by Gasteiger charge is 2.16. The van der Waals surface area contributed by atoms with E-state index in [1.807, 2.05) is 37.3 Å². The second-order valence-corrected chi connectivity index (χ2v) is 10.6. The van der Waals surface area contributed by atoms with Gasteiger partial charge in [0.1, 0.15) is 0 Å². The molecule has 0 bridgehead atoms. The van der Waals surface area contributed by atoms with Crippen LogP contribution in [0.5, 0.6) is 0 Å². The van der Waals surface area contributed by atoms with E-state index in [-0.39, 0.29) is 12.2 Å². The minimum Gasteiger partial charge on any atom is -0.399 e. The van der Waals surface area contributed by atoms with Gasteiger partial charge in [-0.25, -0.2) is 4.99 Å². The van der Waals surface area contributed by atoms with E-state index in [2.05, 4.69) is 54.1 Å². The first-order valence-corrected chi connectivity index (χ1v) is 14.0. The number of nitrogens with two attached hydrogens (primary N) is 1. The topological polar surface area (TPSA) is 79.3 Å². The fourth-order valence-electron chi connectivity index (χ4n) is 5.22. The molecule has 4 heteroatoms. The van der Waals surface area contributed by atoms with Gasteiger partial charge >= 0.3 is 0 Å². The van der Waals surface area contributed by atoms with Crippen LogP contribution in [-0.4, -0.2) is 17.2 Å². The summed E-state index contributed by atoms with van der Waals surface area (Å²) in [5.41, 5.74) is 18.5. The predicted molar refractivity (Wildman–Crippen MR) is 164 cm³/mol. The van der Waals surface area contributed by atoms with Gasteiger partial charge in [-0.2, -0.15) is 0 Å². The molecule has 0 aromatic heterocycles. The van der Waals surface area contributed by atoms with Crippen LogP contribution in [0.25, 0.3) is 5.57 Å². The molecule has 1 unspecified atom stereocenters. The Bertz CT molecular complexity index is 1410. The lowest BCUT2D eigenvalue weighted by molar-refractivity contribution is -0.113. The van der Waals surface area contributed by atoms with Gasteiger partial charge < -0.3 is 11.1 Å². The van der Waals surface area contributed by atoms with Crippen LogP contribution in [0.2, 0.25) is 0 Å². The number of nitrogens with one attached hydrogen (secondary N) is 1. The molecule has 0 radical (unpaired) electrons. The predicted octanol–water partition coefficient (Wildman–Crippen LogP) is 7.99. The van der Waals surface area contributed by atoms with Crippen LogP contribution < -0.4 is 5.73 Å². The van der Waals surface area contributed by atoms with Crippen LogP contribution in [0.3, 0.4) is 0 Å². The number of carbonyl (C=O) groups is 1. The monoisotopic (exact) mass is 517 g/mol. The molecule has 1 heterocycles. The van der Waals surface area contributed by atoms with Gasteiger partial charge in [0.15, 0.2) is 5.78 Å². The zero-order chi connectivity index (χ0) is 27.6. The second kappa shape index (κ2) is 13.7. The van der Waals surface area contributed by atoms with E-state index >= 15 is 0 Å². The summed E-state index contributed by atoms with van der Waals surface area (Å²) in [5, 5.41) is 8.37. The van der Waals surface area contributed by atoms with Gasteiger partial charge in [0.25, 0.3) is 0 Å². The molecule has 0 saturated heterocycles. The average molecular weight is 518 g/mol. The average Bonchev–Trinajstić information content (AvgIpc) is 3.14. The number of anilines is 1. The van der Waals surface area contributed by atoms with Crippen molar-refractivity contribution >= 4 is 28.5 Å². The summed E-state index contributed by atoms with van der Waals surface area (Å²) in [7, 11) is 0. The minimum atomic E-state index is 0.0143. The van der Waals surface area contributed by atoms with E-state index < -0.39 is 0 Å². The lowest BCUT2D eigenvalue weighted by atomic mass is 9.95. The third-order valence-corrected chi connectivity index (χ3v) is 7.55. The summed E-state index contributed by atoms with van der Waals surface area (Å²) in [4.78, 5) is 17.3. The quantitative estimate of drug-likeness (QED) is 0.122. The van der Waals surface area contributed by atoms with E-state index in [0.29, 0.717) is 18.1 Å². The number of nitrogen functional groups attached to an aromatic ring is 1. The zero-order valence-corrected chi connectivity index (χ0v) is 23.2. The molecule has 2 aliphatic rings. The molecule has 2 aromatic rings. The standard InChI is InChI=1S/C35H39N3O/c1-3-25(2)29-12-7-10-28(20-29)21-32(37)24-33(39)17-15-26-8-6-9-27(14-13-26)22-35-34-18-16-31(36)23-30(34)11-4-5-19-38-35/h3-4,7,10,12,15-20,22-23,26,37H,6,8-9,11,13-14,21,24,36H2,1-2H3/b17-15?,25-3?,27-22+,37-32?,38-35?. The SMILES string of the molecule is CC=C(C)c1cccc(CC(=N)CC(=O)C=CC2CCC/C(=C\C3=NC=C=CCc4cc(N)ccc43)CC2)c1. The molecule has 1 fully saturated rings. The van der Waals surface area contributed by atoms with Crippen molar-refractivity contribution in [3.8, 4) is 0 Å². The third-order valence-electron chi connectivity index (χ3n) is 7.55. The Labute approximate surface area is 233 Å². The number of rotatable bonds is 8. The number of benzene rings is 2. The molecule has 0 spiro atoms. The van der Waals surface area contributed by atoms with Crippen molar-refractivity contribution in [3.63, 3.8) is 0 Å². The minimum absolute atomic E-state index is 0.0143. The maximum Gasteiger partial charge on any atom is 0.160 e. The Morgan fingerprint density at radius 1 is 1.18 bits per heavy atom. The molecule has 1 saturated carbocycles. The van der Waals surface area contributed by atoms with Crippen LogP contribution >= 0.6 is 0 Å². The van der Waals surface area contributed by atoms with Crippen LogP contribution in [0.1, 0.15) is 74.6 Å². The van der Waals surface area contributed by atoms with Crippen LogP contribution in [-0.2, 0) is 17.6 Å². The van der Waals surface area contributed by atoms with Gasteiger partial charge in [-0.3, -0.25) is 4.79 Å². The van der Waals surface area contributed by atoms with Crippen LogP contribution in [0, 0.1) is 11.3 Å². The van der Waals surface area contributed by atoms with Crippen LogP contribution in [0.15, 0.2) is 95.3 Å². The van der Waals surface area contributed by atoms with Gasteiger partial charge in [0.05, 0.1) is 11.9 Å². The first-order chi connectivity index (χ1) is 18.9. The fourth-order valence-corrected chi connectivity index (χ4v) is 5.22. The van der Waals surface area contributed by atoms with E-state index in [1.54, 1.807) is 12.3 Å². The molecule has 2 aromatic carbocycles. The molecule has 200 valence electrons. The largest absolute Gasteiger partial charge is 0.399 e. The molecular formula is C35H39N3O. The maximum atomic E-state index is 12.6. The zero-order valence-electron chi connectivity index (χ0n) is 23.2. The first kappa shape index (κ1) is 28.0. The van der Waals surface area contributed by atoms with E-state index in [0.717, 1.165) is 61.1 Å². The molecule has 4 rings (SSSR count). The Morgan fingerprint density at radius 3 is 2.90 bits per heavy atom. The van der Waals surface area contributed by atoms with Crippen molar-refractivity contribution in [1.29, 1.82) is 5.41 Å². The Morgan fingerprint density at radius 2 is 2.05 bits per heavy atom. The lowest BCUT2D eigenvalue weighted by Crippen LogP contribution is -2.08. The van der Waals surface area contributed by atoms with E-state index in [4.69, 9.17) is 11.1 Å². The lowest BCUT2D eigenvalue weighted by Gasteiger charge is -2.12. The number of fused-ring (bicyclic) bond motifs is 1. The fraction of sp³-hybridized carbons (Fsp3) is 0.314. The number of ketones is 1. The Hall–Kier alpha value is -4.01. The molecule has 39 heavy (non-hydrogen) atoms. The molecule has 1 atom stereocenters. The number of carbonyl (C=O) groups excluding carboxylic acids is 1. The highest BCUT2D eigenvalue weighted by molar-refractivity contribution is 6.10. The van der Waals surface area contributed by atoms with E-state index in [1.165, 1.54) is 22.3 Å². The maximum absolute atomic E-state index is 12.6. The summed E-state index contributed by atoms with van der Waals surface area (Å²) in [6, 6.07) is 14.3. The van der Waals surface area contributed by atoms with Crippen molar-refractivity contribution in [2.75, 3.05) is 5.73 Å².